The van der Waals surface area contributed by atoms with E-state index >= 15 is 0 Å². The van der Waals surface area contributed by atoms with Crippen molar-refractivity contribution in [3.63, 3.8) is 0 Å². The quantitative estimate of drug-likeness (QED) is 0.800. The van der Waals surface area contributed by atoms with Crippen LogP contribution in [-0.4, -0.2) is 26.4 Å². The topological polar surface area (TPSA) is 106 Å². The molecule has 0 saturated heterocycles. The number of anilines is 2. The van der Waals surface area contributed by atoms with Crippen LogP contribution in [0.5, 0.6) is 0 Å². The van der Waals surface area contributed by atoms with E-state index in [2.05, 4.69) is 4.72 Å². The van der Waals surface area contributed by atoms with Gasteiger partial charge in [-0.05, 0) is 63.4 Å². The molecule has 0 fully saturated rings. The first-order valence-electron chi connectivity index (χ1n) is 8.41. The van der Waals surface area contributed by atoms with Crippen LogP contribution in [0.1, 0.15) is 43.3 Å². The lowest BCUT2D eigenvalue weighted by atomic mass is 9.99. The number of rotatable bonds is 3. The van der Waals surface area contributed by atoms with Crippen molar-refractivity contribution in [1.82, 2.24) is 4.72 Å². The zero-order chi connectivity index (χ0) is 19.1. The molecule has 26 heavy (non-hydrogen) atoms. The van der Waals surface area contributed by atoms with Gasteiger partial charge in [-0.3, -0.25) is 4.79 Å². The maximum atomic E-state index is 12.9. The maximum Gasteiger partial charge on any atom is 0.294 e. The molecule has 8 heteroatoms. The number of nitrogen functional groups attached to an aromatic ring is 1. The van der Waals surface area contributed by atoms with Crippen LogP contribution in [0.4, 0.5) is 11.4 Å². The Hall–Kier alpha value is -2.32. The first-order chi connectivity index (χ1) is 12.1. The van der Waals surface area contributed by atoms with E-state index in [4.69, 9.17) is 10.2 Å². The zero-order valence-corrected chi connectivity index (χ0v) is 15.9. The predicted molar refractivity (Wildman–Crippen MR) is 99.6 cm³/mol. The summed E-state index contributed by atoms with van der Waals surface area (Å²) >= 11 is 0. The van der Waals surface area contributed by atoms with E-state index in [1.807, 2.05) is 12.1 Å². The number of carbonyl (C=O) groups is 1. The number of carbonyl (C=O) groups excluding carboxylic acids is 1. The van der Waals surface area contributed by atoms with Gasteiger partial charge < -0.3 is 15.1 Å². The largest absolute Gasteiger partial charge is 0.438 e. The van der Waals surface area contributed by atoms with Crippen molar-refractivity contribution in [2.75, 3.05) is 17.2 Å². The summed E-state index contributed by atoms with van der Waals surface area (Å²) in [5.41, 5.74) is 7.69. The van der Waals surface area contributed by atoms with Crippen molar-refractivity contribution >= 4 is 27.3 Å². The van der Waals surface area contributed by atoms with Crippen LogP contribution >= 0.6 is 0 Å². The molecule has 0 radical (unpaired) electrons. The SMILES string of the molecule is CC(C)(C)NS(=O)(=O)c1ccc(C(=O)N2CCCc3c(N)cccc32)o1. The summed E-state index contributed by atoms with van der Waals surface area (Å²) in [6.45, 7) is 5.72. The molecule has 1 amide bonds. The predicted octanol–water partition coefficient (Wildman–Crippen LogP) is 2.53. The molecule has 1 aromatic heterocycles. The fourth-order valence-electron chi connectivity index (χ4n) is 3.03. The summed E-state index contributed by atoms with van der Waals surface area (Å²) in [6, 6.07) is 8.13. The number of nitrogens with zero attached hydrogens (tertiary/aromatic N) is 1. The average Bonchev–Trinajstić information content (AvgIpc) is 3.03. The molecule has 3 N–H and O–H groups in total. The van der Waals surface area contributed by atoms with Crippen molar-refractivity contribution in [3.05, 3.63) is 41.7 Å². The van der Waals surface area contributed by atoms with Crippen molar-refractivity contribution < 1.29 is 17.6 Å². The first-order valence-corrected chi connectivity index (χ1v) is 9.90. The Labute approximate surface area is 153 Å². The third kappa shape index (κ3) is 3.61. The normalized spacial score (nSPS) is 15.0. The molecule has 0 saturated carbocycles. The zero-order valence-electron chi connectivity index (χ0n) is 15.1. The number of hydrogen-bond acceptors (Lipinski definition) is 5. The molecule has 3 rings (SSSR count). The third-order valence-electron chi connectivity index (χ3n) is 4.03. The van der Waals surface area contributed by atoms with Gasteiger partial charge in [-0.15, -0.1) is 0 Å². The molecule has 1 aromatic carbocycles. The van der Waals surface area contributed by atoms with Gasteiger partial charge in [-0.1, -0.05) is 6.07 Å². The molecule has 140 valence electrons. The molecular weight excluding hydrogens is 354 g/mol. The number of sulfonamides is 1. The van der Waals surface area contributed by atoms with Gasteiger partial charge in [0.1, 0.15) is 0 Å². The summed E-state index contributed by atoms with van der Waals surface area (Å²) in [7, 11) is -3.84. The van der Waals surface area contributed by atoms with E-state index in [1.54, 1.807) is 31.7 Å². The summed E-state index contributed by atoms with van der Waals surface area (Å²) in [5, 5.41) is -0.277. The number of furan rings is 1. The van der Waals surface area contributed by atoms with E-state index in [1.165, 1.54) is 12.1 Å². The molecule has 0 spiro atoms. The summed E-state index contributed by atoms with van der Waals surface area (Å²) in [4.78, 5) is 14.5. The van der Waals surface area contributed by atoms with E-state index < -0.39 is 15.6 Å². The summed E-state index contributed by atoms with van der Waals surface area (Å²) in [5.74, 6) is -0.400. The van der Waals surface area contributed by atoms with Crippen molar-refractivity contribution in [3.8, 4) is 0 Å². The van der Waals surface area contributed by atoms with E-state index in [9.17, 15) is 13.2 Å². The number of amides is 1. The number of fused-ring (bicyclic) bond motifs is 1. The number of nitrogens with one attached hydrogen (secondary N) is 1. The third-order valence-corrected chi connectivity index (χ3v) is 5.66. The van der Waals surface area contributed by atoms with Gasteiger partial charge in [0.15, 0.2) is 5.76 Å². The lowest BCUT2D eigenvalue weighted by Gasteiger charge is -2.29. The second-order valence-corrected chi connectivity index (χ2v) is 8.99. The van der Waals surface area contributed by atoms with Crippen LogP contribution in [0.2, 0.25) is 0 Å². The molecule has 1 aliphatic heterocycles. The van der Waals surface area contributed by atoms with Crippen LogP contribution in [0.15, 0.2) is 39.8 Å². The van der Waals surface area contributed by atoms with Crippen LogP contribution in [0, 0.1) is 0 Å². The number of benzene rings is 1. The van der Waals surface area contributed by atoms with Crippen LogP contribution in [0.25, 0.3) is 0 Å². The highest BCUT2D eigenvalue weighted by Crippen LogP contribution is 2.32. The molecule has 2 heterocycles. The van der Waals surface area contributed by atoms with Gasteiger partial charge >= 0.3 is 0 Å². The Morgan fingerprint density at radius 2 is 1.96 bits per heavy atom. The van der Waals surface area contributed by atoms with Crippen molar-refractivity contribution in [2.45, 2.75) is 44.2 Å². The standard InChI is InChI=1S/C18H23N3O4S/c1-18(2,3)20-26(23,24)16-10-9-15(25-16)17(22)21-11-5-6-12-13(19)7-4-8-14(12)21/h4,7-10,20H,5-6,11,19H2,1-3H3. The fourth-order valence-corrected chi connectivity index (χ4v) is 4.38. The van der Waals surface area contributed by atoms with Gasteiger partial charge in [0.05, 0.1) is 0 Å². The molecule has 1 aliphatic rings. The lowest BCUT2D eigenvalue weighted by molar-refractivity contribution is 0.0953. The van der Waals surface area contributed by atoms with Crippen LogP contribution < -0.4 is 15.4 Å². The van der Waals surface area contributed by atoms with Crippen LogP contribution in [0.3, 0.4) is 0 Å². The first kappa shape index (κ1) is 18.5. The molecule has 0 bridgehead atoms. The minimum Gasteiger partial charge on any atom is -0.438 e. The van der Waals surface area contributed by atoms with Crippen LogP contribution in [-0.2, 0) is 16.4 Å². The Balaban J connectivity index is 1.90. The van der Waals surface area contributed by atoms with E-state index in [0.717, 1.165) is 24.1 Å². The minimum absolute atomic E-state index is 0.0189. The smallest absolute Gasteiger partial charge is 0.294 e. The molecule has 0 aliphatic carbocycles. The average molecular weight is 377 g/mol. The highest BCUT2D eigenvalue weighted by molar-refractivity contribution is 7.89. The van der Waals surface area contributed by atoms with E-state index in [0.29, 0.717) is 12.2 Å². The Morgan fingerprint density at radius 1 is 1.23 bits per heavy atom. The molecular formula is C18H23N3O4S. The van der Waals surface area contributed by atoms with Crippen molar-refractivity contribution in [1.29, 1.82) is 0 Å². The van der Waals surface area contributed by atoms with Gasteiger partial charge in [0.2, 0.25) is 5.09 Å². The summed E-state index contributed by atoms with van der Waals surface area (Å²) < 4.78 is 32.6. The molecule has 2 aromatic rings. The molecule has 0 unspecified atom stereocenters. The Bertz CT molecular complexity index is 942. The molecule has 7 nitrogen and oxygen atoms in total. The highest BCUT2D eigenvalue weighted by atomic mass is 32.2. The van der Waals surface area contributed by atoms with Gasteiger partial charge in [-0.25, -0.2) is 13.1 Å². The lowest BCUT2D eigenvalue weighted by Crippen LogP contribution is -2.40. The number of hydrogen-bond donors (Lipinski definition) is 2. The highest BCUT2D eigenvalue weighted by Gasteiger charge is 2.30. The monoisotopic (exact) mass is 377 g/mol. The van der Waals surface area contributed by atoms with Gasteiger partial charge in [0.25, 0.3) is 15.9 Å². The maximum absolute atomic E-state index is 12.9. The second-order valence-electron chi connectivity index (χ2n) is 7.38. The minimum atomic E-state index is -3.84. The van der Waals surface area contributed by atoms with Gasteiger partial charge in [0, 0.05) is 23.5 Å². The molecule has 0 atom stereocenters. The Morgan fingerprint density at radius 3 is 2.65 bits per heavy atom. The van der Waals surface area contributed by atoms with Gasteiger partial charge in [-0.2, -0.15) is 0 Å². The number of nitrogens with two attached hydrogens (primary N) is 1. The second kappa shape index (κ2) is 6.44. The fraction of sp³-hybridized carbons (Fsp3) is 0.389. The summed E-state index contributed by atoms with van der Waals surface area (Å²) in [6.07, 6.45) is 1.59. The van der Waals surface area contributed by atoms with E-state index in [-0.39, 0.29) is 16.8 Å². The Kier molecular flexibility index (Phi) is 4.58. The van der Waals surface area contributed by atoms with Crippen molar-refractivity contribution in [2.24, 2.45) is 0 Å².